The lowest BCUT2D eigenvalue weighted by molar-refractivity contribution is 0.0697. The van der Waals surface area contributed by atoms with Crippen LogP contribution < -0.4 is 10.1 Å². The van der Waals surface area contributed by atoms with Gasteiger partial charge in [0, 0.05) is 18.2 Å². The molecule has 5 heteroatoms. The van der Waals surface area contributed by atoms with Crippen LogP contribution in [-0.2, 0) is 6.42 Å². The Morgan fingerprint density at radius 1 is 1.40 bits per heavy atom. The van der Waals surface area contributed by atoms with Gasteiger partial charge in [0.1, 0.15) is 5.75 Å². The molecule has 0 saturated carbocycles. The predicted molar refractivity (Wildman–Crippen MR) is 97.7 cm³/mol. The van der Waals surface area contributed by atoms with Crippen LogP contribution in [0.1, 0.15) is 52.7 Å². The van der Waals surface area contributed by atoms with E-state index in [0.29, 0.717) is 11.6 Å². The molecule has 132 valence electrons. The molecule has 1 aromatic heterocycles. The Bertz CT molecular complexity index is 789. The van der Waals surface area contributed by atoms with Gasteiger partial charge in [-0.05, 0) is 61.9 Å². The van der Waals surface area contributed by atoms with Gasteiger partial charge in [-0.1, -0.05) is 6.07 Å². The van der Waals surface area contributed by atoms with E-state index in [-0.39, 0.29) is 11.6 Å². The number of rotatable bonds is 5. The number of nitrogens with zero attached hydrogens (tertiary/aromatic N) is 1. The first-order valence-corrected chi connectivity index (χ1v) is 8.63. The third kappa shape index (κ3) is 3.31. The third-order valence-electron chi connectivity index (χ3n) is 5.18. The Hall–Kier alpha value is -2.56. The minimum absolute atomic E-state index is 0.106. The van der Waals surface area contributed by atoms with Gasteiger partial charge in [0.2, 0.25) is 0 Å². The number of benzene rings is 1. The van der Waals surface area contributed by atoms with Crippen LogP contribution >= 0.6 is 0 Å². The second-order valence-corrected chi connectivity index (χ2v) is 6.62. The highest BCUT2D eigenvalue weighted by Gasteiger charge is 2.27. The zero-order valence-corrected chi connectivity index (χ0v) is 14.9. The highest BCUT2D eigenvalue weighted by Crippen LogP contribution is 2.39. The zero-order valence-electron chi connectivity index (χ0n) is 14.9. The molecule has 2 N–H and O–H groups in total. The zero-order chi connectivity index (χ0) is 18.0. The molecule has 0 saturated heterocycles. The van der Waals surface area contributed by atoms with Crippen LogP contribution in [0.5, 0.6) is 5.75 Å². The van der Waals surface area contributed by atoms with Crippen molar-refractivity contribution in [2.75, 3.05) is 12.4 Å². The molecule has 2 atom stereocenters. The fourth-order valence-electron chi connectivity index (χ4n) is 3.87. The summed E-state index contributed by atoms with van der Waals surface area (Å²) < 4.78 is 5.46. The maximum absolute atomic E-state index is 11.4. The number of fused-ring (bicyclic) bond motifs is 1. The van der Waals surface area contributed by atoms with Crippen molar-refractivity contribution in [2.24, 2.45) is 0 Å². The number of carboxylic acid groups (broad SMARTS) is 1. The van der Waals surface area contributed by atoms with E-state index in [2.05, 4.69) is 30.2 Å². The molecule has 2 aromatic rings. The molecule has 0 spiro atoms. The predicted octanol–water partition coefficient (Wildman–Crippen LogP) is 4.02. The number of aromatic carboxylic acids is 1. The van der Waals surface area contributed by atoms with Crippen molar-refractivity contribution in [3.8, 4) is 5.75 Å². The van der Waals surface area contributed by atoms with Gasteiger partial charge in [-0.15, -0.1) is 0 Å². The summed E-state index contributed by atoms with van der Waals surface area (Å²) in [5.41, 5.74) is 4.74. The molecular formula is C20H24N2O3. The molecule has 25 heavy (non-hydrogen) atoms. The number of methoxy groups -OCH3 is 1. The number of anilines is 1. The van der Waals surface area contributed by atoms with Crippen molar-refractivity contribution in [2.45, 2.75) is 45.1 Å². The number of carboxylic acids is 1. The molecule has 0 bridgehead atoms. The van der Waals surface area contributed by atoms with E-state index in [4.69, 9.17) is 4.74 Å². The molecule has 1 aliphatic carbocycles. The van der Waals surface area contributed by atoms with Crippen molar-refractivity contribution >= 4 is 11.7 Å². The SMILES string of the molecule is COc1ccc2c(c1C)CCCC2C(C)Nc1cnccc1C(=O)O. The van der Waals surface area contributed by atoms with Crippen molar-refractivity contribution in [3.63, 3.8) is 0 Å². The van der Waals surface area contributed by atoms with Crippen molar-refractivity contribution in [3.05, 3.63) is 52.8 Å². The highest BCUT2D eigenvalue weighted by atomic mass is 16.5. The summed E-state index contributed by atoms with van der Waals surface area (Å²) in [6, 6.07) is 5.83. The summed E-state index contributed by atoms with van der Waals surface area (Å²) in [6.45, 7) is 4.22. The van der Waals surface area contributed by atoms with Gasteiger partial charge >= 0.3 is 5.97 Å². The number of hydrogen-bond donors (Lipinski definition) is 2. The molecule has 0 fully saturated rings. The van der Waals surface area contributed by atoms with Crippen LogP contribution in [-0.4, -0.2) is 29.2 Å². The first-order valence-electron chi connectivity index (χ1n) is 8.63. The first kappa shape index (κ1) is 17.3. The minimum Gasteiger partial charge on any atom is -0.496 e. The molecule has 3 rings (SSSR count). The second kappa shape index (κ2) is 7.13. The number of pyridine rings is 1. The lowest BCUT2D eigenvalue weighted by Gasteiger charge is -2.33. The van der Waals surface area contributed by atoms with Crippen LogP contribution in [0.4, 0.5) is 5.69 Å². The summed E-state index contributed by atoms with van der Waals surface area (Å²) >= 11 is 0. The largest absolute Gasteiger partial charge is 0.496 e. The Labute approximate surface area is 148 Å². The van der Waals surface area contributed by atoms with E-state index in [0.717, 1.165) is 25.0 Å². The van der Waals surface area contributed by atoms with E-state index in [1.165, 1.54) is 29.0 Å². The quantitative estimate of drug-likeness (QED) is 0.860. The molecule has 1 aromatic carbocycles. The van der Waals surface area contributed by atoms with Gasteiger partial charge in [-0.2, -0.15) is 0 Å². The average Bonchev–Trinajstić information content (AvgIpc) is 2.62. The van der Waals surface area contributed by atoms with Crippen LogP contribution in [0.2, 0.25) is 0 Å². The van der Waals surface area contributed by atoms with Crippen LogP contribution in [0.15, 0.2) is 30.6 Å². The molecule has 5 nitrogen and oxygen atoms in total. The van der Waals surface area contributed by atoms with Crippen molar-refractivity contribution in [1.29, 1.82) is 0 Å². The highest BCUT2D eigenvalue weighted by molar-refractivity contribution is 5.93. The molecule has 0 aliphatic heterocycles. The van der Waals surface area contributed by atoms with Gasteiger partial charge in [0.05, 0.1) is 24.6 Å². The van der Waals surface area contributed by atoms with E-state index in [1.807, 2.05) is 6.07 Å². The molecule has 0 amide bonds. The van der Waals surface area contributed by atoms with E-state index < -0.39 is 5.97 Å². The molecule has 1 aliphatic rings. The summed E-state index contributed by atoms with van der Waals surface area (Å²) in [4.78, 5) is 15.5. The van der Waals surface area contributed by atoms with E-state index >= 15 is 0 Å². The van der Waals surface area contributed by atoms with E-state index in [9.17, 15) is 9.90 Å². The number of hydrogen-bond acceptors (Lipinski definition) is 4. The van der Waals surface area contributed by atoms with Gasteiger partial charge in [-0.3, -0.25) is 4.98 Å². The molecular weight excluding hydrogens is 316 g/mol. The average molecular weight is 340 g/mol. The fourth-order valence-corrected chi connectivity index (χ4v) is 3.87. The van der Waals surface area contributed by atoms with Crippen LogP contribution in [0, 0.1) is 6.92 Å². The van der Waals surface area contributed by atoms with Crippen molar-refractivity contribution in [1.82, 2.24) is 4.98 Å². The Kier molecular flexibility index (Phi) is 4.93. The summed E-state index contributed by atoms with van der Waals surface area (Å²) in [5, 5.41) is 12.7. The second-order valence-electron chi connectivity index (χ2n) is 6.62. The molecule has 0 radical (unpaired) electrons. The number of carbonyl (C=O) groups is 1. The maximum atomic E-state index is 11.4. The van der Waals surface area contributed by atoms with Crippen LogP contribution in [0.3, 0.4) is 0 Å². The van der Waals surface area contributed by atoms with Gasteiger partial charge in [0.15, 0.2) is 0 Å². The summed E-state index contributed by atoms with van der Waals surface area (Å²) in [6.07, 6.45) is 6.36. The summed E-state index contributed by atoms with van der Waals surface area (Å²) in [5.74, 6) is 0.317. The number of aromatic nitrogens is 1. The van der Waals surface area contributed by atoms with Crippen LogP contribution in [0.25, 0.3) is 0 Å². The third-order valence-corrected chi connectivity index (χ3v) is 5.18. The fraction of sp³-hybridized carbons (Fsp3) is 0.400. The first-order chi connectivity index (χ1) is 12.0. The van der Waals surface area contributed by atoms with Gasteiger partial charge in [-0.25, -0.2) is 4.79 Å². The molecule has 1 heterocycles. The summed E-state index contributed by atoms with van der Waals surface area (Å²) in [7, 11) is 1.70. The maximum Gasteiger partial charge on any atom is 0.337 e. The Morgan fingerprint density at radius 2 is 2.20 bits per heavy atom. The van der Waals surface area contributed by atoms with Gasteiger partial charge in [0.25, 0.3) is 0 Å². The lowest BCUT2D eigenvalue weighted by atomic mass is 9.77. The molecule has 2 unspecified atom stereocenters. The monoisotopic (exact) mass is 340 g/mol. The standard InChI is InChI=1S/C20H24N2O3/c1-12-14-5-4-6-15(16(14)7-8-19(12)25-3)13(2)22-18-11-21-10-9-17(18)20(23)24/h7-11,13,15,22H,4-6H2,1-3H3,(H,23,24). The smallest absolute Gasteiger partial charge is 0.337 e. The normalized spacial score (nSPS) is 17.5. The van der Waals surface area contributed by atoms with E-state index in [1.54, 1.807) is 13.3 Å². The number of nitrogens with one attached hydrogen (secondary N) is 1. The van der Waals surface area contributed by atoms with Crippen molar-refractivity contribution < 1.29 is 14.6 Å². The lowest BCUT2D eigenvalue weighted by Crippen LogP contribution is -2.28. The van der Waals surface area contributed by atoms with Gasteiger partial charge < -0.3 is 15.2 Å². The topological polar surface area (TPSA) is 71.5 Å². The Morgan fingerprint density at radius 3 is 2.92 bits per heavy atom. The number of ether oxygens (including phenoxy) is 1. The Balaban J connectivity index is 1.89. The minimum atomic E-state index is -0.943.